The third kappa shape index (κ3) is 6.09. The van der Waals surface area contributed by atoms with E-state index in [2.05, 4.69) is 179 Å². The van der Waals surface area contributed by atoms with Crippen LogP contribution < -0.4 is 4.90 Å². The van der Waals surface area contributed by atoms with Crippen LogP contribution in [0.4, 0.5) is 17.1 Å². The van der Waals surface area contributed by atoms with Crippen molar-refractivity contribution in [3.63, 3.8) is 0 Å². The molecule has 0 aliphatic heterocycles. The lowest BCUT2D eigenvalue weighted by Crippen LogP contribution is -2.14. The number of benzene rings is 5. The molecule has 0 amide bonds. The highest BCUT2D eigenvalue weighted by atomic mass is 15.3. The van der Waals surface area contributed by atoms with Crippen LogP contribution in [0, 0.1) is 0 Å². The summed E-state index contributed by atoms with van der Waals surface area (Å²) in [6.45, 7) is 13.5. The topological polar surface area (TPSA) is 21.1 Å². The summed E-state index contributed by atoms with van der Waals surface area (Å²) < 4.78 is 2.06. The molecule has 0 saturated carbocycles. The molecule has 3 heteroatoms. The molecule has 5 aromatic carbocycles. The second kappa shape index (κ2) is 11.7. The maximum atomic E-state index is 5.09. The van der Waals surface area contributed by atoms with Crippen molar-refractivity contribution in [2.45, 2.75) is 52.4 Å². The predicted molar refractivity (Wildman–Crippen MR) is 187 cm³/mol. The Labute approximate surface area is 262 Å². The van der Waals surface area contributed by atoms with Gasteiger partial charge in [-0.15, -0.1) is 0 Å². The normalized spacial score (nSPS) is 11.9. The third-order valence-corrected chi connectivity index (χ3v) is 8.18. The van der Waals surface area contributed by atoms with Gasteiger partial charge in [0.2, 0.25) is 0 Å². The summed E-state index contributed by atoms with van der Waals surface area (Å²) in [6.07, 6.45) is 0. The van der Waals surface area contributed by atoms with E-state index in [1.807, 2.05) is 12.1 Å². The highest BCUT2D eigenvalue weighted by molar-refractivity contribution is 5.78. The standard InChI is InChI=1S/C41H41N3/c1-40(2,3)32-17-21-34(22-18-32)43(35-23-19-33(20-24-35)41(4,5)6)36-25-27-37(28-26-36)44-39(31-15-11-8-12-16-31)29-38(42-44)30-13-9-7-10-14-30/h7-29H,1-6H3. The van der Waals surface area contributed by atoms with Crippen LogP contribution in [0.1, 0.15) is 52.7 Å². The second-order valence-corrected chi connectivity index (χ2v) is 13.5. The lowest BCUT2D eigenvalue weighted by Gasteiger charge is -2.28. The Morgan fingerprint density at radius 2 is 0.886 bits per heavy atom. The number of anilines is 3. The fourth-order valence-electron chi connectivity index (χ4n) is 5.55. The van der Waals surface area contributed by atoms with Crippen LogP contribution in [0.3, 0.4) is 0 Å². The van der Waals surface area contributed by atoms with Gasteiger partial charge in [-0.2, -0.15) is 5.10 Å². The molecule has 3 nitrogen and oxygen atoms in total. The van der Waals surface area contributed by atoms with Gasteiger partial charge in [0.15, 0.2) is 0 Å². The van der Waals surface area contributed by atoms with Crippen LogP contribution >= 0.6 is 0 Å². The molecule has 0 atom stereocenters. The molecule has 0 fully saturated rings. The van der Waals surface area contributed by atoms with Gasteiger partial charge in [0, 0.05) is 28.2 Å². The summed E-state index contributed by atoms with van der Waals surface area (Å²) in [7, 11) is 0. The van der Waals surface area contributed by atoms with E-state index in [1.54, 1.807) is 0 Å². The molecular formula is C41H41N3. The Morgan fingerprint density at radius 3 is 1.32 bits per heavy atom. The summed E-state index contributed by atoms with van der Waals surface area (Å²) in [6, 6.07) is 49.7. The van der Waals surface area contributed by atoms with E-state index in [1.165, 1.54) is 11.1 Å². The van der Waals surface area contributed by atoms with Crippen LogP contribution in [0.5, 0.6) is 0 Å². The van der Waals surface area contributed by atoms with Gasteiger partial charge < -0.3 is 4.90 Å². The largest absolute Gasteiger partial charge is 0.311 e. The van der Waals surface area contributed by atoms with Gasteiger partial charge in [-0.1, -0.05) is 126 Å². The molecule has 44 heavy (non-hydrogen) atoms. The first kappa shape index (κ1) is 29.2. The Hall–Kier alpha value is -4.89. The molecule has 220 valence electrons. The molecule has 0 N–H and O–H groups in total. The van der Waals surface area contributed by atoms with E-state index in [-0.39, 0.29) is 10.8 Å². The van der Waals surface area contributed by atoms with Crippen LogP contribution in [0.15, 0.2) is 140 Å². The van der Waals surface area contributed by atoms with Gasteiger partial charge in [0.25, 0.3) is 0 Å². The monoisotopic (exact) mass is 575 g/mol. The minimum absolute atomic E-state index is 0.0954. The van der Waals surface area contributed by atoms with Crippen molar-refractivity contribution in [3.05, 3.63) is 151 Å². The van der Waals surface area contributed by atoms with Crippen molar-refractivity contribution >= 4 is 17.1 Å². The lowest BCUT2D eigenvalue weighted by atomic mass is 9.86. The first-order chi connectivity index (χ1) is 21.1. The Bertz CT molecular complexity index is 1760. The third-order valence-electron chi connectivity index (χ3n) is 8.18. The first-order valence-electron chi connectivity index (χ1n) is 15.4. The Morgan fingerprint density at radius 1 is 0.477 bits per heavy atom. The fourth-order valence-corrected chi connectivity index (χ4v) is 5.55. The van der Waals surface area contributed by atoms with E-state index >= 15 is 0 Å². The number of rotatable bonds is 6. The van der Waals surface area contributed by atoms with Crippen molar-refractivity contribution in [2.24, 2.45) is 0 Å². The minimum Gasteiger partial charge on any atom is -0.311 e. The van der Waals surface area contributed by atoms with E-state index < -0.39 is 0 Å². The molecule has 1 heterocycles. The second-order valence-electron chi connectivity index (χ2n) is 13.5. The lowest BCUT2D eigenvalue weighted by molar-refractivity contribution is 0.590. The molecule has 0 spiro atoms. The maximum absolute atomic E-state index is 5.09. The van der Waals surface area contributed by atoms with E-state index in [9.17, 15) is 0 Å². The molecule has 0 unspecified atom stereocenters. The van der Waals surface area contributed by atoms with Crippen molar-refractivity contribution in [3.8, 4) is 28.2 Å². The van der Waals surface area contributed by atoms with Crippen molar-refractivity contribution < 1.29 is 0 Å². The highest BCUT2D eigenvalue weighted by Gasteiger charge is 2.19. The highest BCUT2D eigenvalue weighted by Crippen LogP contribution is 2.38. The quantitative estimate of drug-likeness (QED) is 0.197. The summed E-state index contributed by atoms with van der Waals surface area (Å²) >= 11 is 0. The van der Waals surface area contributed by atoms with Gasteiger partial charge in [0.1, 0.15) is 0 Å². The summed E-state index contributed by atoms with van der Waals surface area (Å²) in [5.41, 5.74) is 11.4. The summed E-state index contributed by atoms with van der Waals surface area (Å²) in [5.74, 6) is 0. The van der Waals surface area contributed by atoms with E-state index in [4.69, 9.17) is 5.10 Å². The van der Waals surface area contributed by atoms with Crippen LogP contribution in [-0.2, 0) is 10.8 Å². The molecule has 0 saturated heterocycles. The minimum atomic E-state index is 0.0954. The molecule has 0 aliphatic rings. The number of hydrogen-bond acceptors (Lipinski definition) is 2. The zero-order chi connectivity index (χ0) is 30.9. The van der Waals surface area contributed by atoms with Gasteiger partial charge >= 0.3 is 0 Å². The molecule has 1 aromatic heterocycles. The molecular weight excluding hydrogens is 534 g/mol. The average molecular weight is 576 g/mol. The molecule has 6 rings (SSSR count). The Kier molecular flexibility index (Phi) is 7.73. The smallest absolute Gasteiger partial charge is 0.0934 e. The number of hydrogen-bond donors (Lipinski definition) is 0. The fraction of sp³-hybridized carbons (Fsp3) is 0.195. The van der Waals surface area contributed by atoms with Crippen molar-refractivity contribution in [2.75, 3.05) is 4.90 Å². The van der Waals surface area contributed by atoms with Gasteiger partial charge in [-0.05, 0) is 76.6 Å². The molecule has 6 aromatic rings. The maximum Gasteiger partial charge on any atom is 0.0934 e. The summed E-state index contributed by atoms with van der Waals surface area (Å²) in [4.78, 5) is 2.33. The molecule has 0 bridgehead atoms. The van der Waals surface area contributed by atoms with Gasteiger partial charge in [-0.3, -0.25) is 0 Å². The summed E-state index contributed by atoms with van der Waals surface area (Å²) in [5, 5.41) is 5.09. The van der Waals surface area contributed by atoms with Crippen LogP contribution in [-0.4, -0.2) is 9.78 Å². The molecule has 0 aliphatic carbocycles. The number of nitrogens with zero attached hydrogens (tertiary/aromatic N) is 3. The zero-order valence-corrected chi connectivity index (χ0v) is 26.6. The average Bonchev–Trinajstić information content (AvgIpc) is 3.48. The van der Waals surface area contributed by atoms with Crippen molar-refractivity contribution in [1.82, 2.24) is 9.78 Å². The van der Waals surface area contributed by atoms with Gasteiger partial charge in [0.05, 0.1) is 17.1 Å². The van der Waals surface area contributed by atoms with E-state index in [0.29, 0.717) is 0 Å². The van der Waals surface area contributed by atoms with Crippen LogP contribution in [0.25, 0.3) is 28.2 Å². The van der Waals surface area contributed by atoms with E-state index in [0.717, 1.165) is 45.3 Å². The molecule has 0 radical (unpaired) electrons. The first-order valence-corrected chi connectivity index (χ1v) is 15.4. The Balaban J connectivity index is 1.42. The predicted octanol–water partition coefficient (Wildman–Crippen LogP) is 11.3. The van der Waals surface area contributed by atoms with Crippen molar-refractivity contribution in [1.29, 1.82) is 0 Å². The van der Waals surface area contributed by atoms with Crippen LogP contribution in [0.2, 0.25) is 0 Å². The SMILES string of the molecule is CC(C)(C)c1ccc(N(c2ccc(-n3nc(-c4ccccc4)cc3-c3ccccc3)cc2)c2ccc(C(C)(C)C)cc2)cc1. The zero-order valence-electron chi connectivity index (χ0n) is 26.6. The van der Waals surface area contributed by atoms with Gasteiger partial charge in [-0.25, -0.2) is 4.68 Å². The number of aromatic nitrogens is 2.